The predicted octanol–water partition coefficient (Wildman–Crippen LogP) is 0.834. The first kappa shape index (κ1) is 14.5. The van der Waals surface area contributed by atoms with Gasteiger partial charge in [0.15, 0.2) is 0 Å². The first-order valence-corrected chi connectivity index (χ1v) is 7.56. The Hall–Kier alpha value is -1.47. The topological polar surface area (TPSA) is 91.5 Å². The minimum absolute atomic E-state index is 0.141. The third-order valence-corrected chi connectivity index (χ3v) is 4.44. The summed E-state index contributed by atoms with van der Waals surface area (Å²) in [7, 11) is 0. The molecule has 0 aromatic carbocycles. The lowest BCUT2D eigenvalue weighted by Crippen LogP contribution is -2.33. The number of hydrogen-bond donors (Lipinski definition) is 2. The molecule has 2 heterocycles. The summed E-state index contributed by atoms with van der Waals surface area (Å²) in [6.45, 7) is 5.89. The van der Waals surface area contributed by atoms with Crippen molar-refractivity contribution in [3.8, 4) is 0 Å². The lowest BCUT2D eigenvalue weighted by Gasteiger charge is -2.16. The number of nitrogens with zero attached hydrogens (tertiary/aromatic N) is 3. The molecular formula is C14H22N4O3. The fourth-order valence-electron chi connectivity index (χ4n) is 3.34. The van der Waals surface area contributed by atoms with E-state index in [4.69, 9.17) is 4.42 Å². The van der Waals surface area contributed by atoms with E-state index in [2.05, 4.69) is 20.4 Å². The Kier molecular flexibility index (Phi) is 3.95. The summed E-state index contributed by atoms with van der Waals surface area (Å²) >= 11 is 0. The van der Waals surface area contributed by atoms with Crippen LogP contribution in [0.15, 0.2) is 4.42 Å². The number of aliphatic hydroxyl groups excluding tert-OH is 1. The number of nitrogens with one attached hydrogen (secondary N) is 1. The van der Waals surface area contributed by atoms with E-state index < -0.39 is 0 Å². The highest BCUT2D eigenvalue weighted by molar-refractivity contribution is 5.90. The van der Waals surface area contributed by atoms with Crippen molar-refractivity contribution in [3.63, 3.8) is 0 Å². The molecule has 3 rings (SSSR count). The van der Waals surface area contributed by atoms with Crippen LogP contribution in [0, 0.1) is 11.8 Å². The summed E-state index contributed by atoms with van der Waals surface area (Å²) in [5.74, 6) is 1.37. The Morgan fingerprint density at radius 1 is 1.43 bits per heavy atom. The minimum Gasteiger partial charge on any atom is -0.408 e. The minimum atomic E-state index is -0.201. The molecule has 2 fully saturated rings. The number of fused-ring (bicyclic) bond motifs is 1. The molecular weight excluding hydrogens is 272 g/mol. The highest BCUT2D eigenvalue weighted by Crippen LogP contribution is 2.37. The fraction of sp³-hybridized carbons (Fsp3) is 0.786. The zero-order valence-electron chi connectivity index (χ0n) is 12.5. The van der Waals surface area contributed by atoms with Crippen molar-refractivity contribution in [1.29, 1.82) is 0 Å². The van der Waals surface area contributed by atoms with Crippen molar-refractivity contribution >= 4 is 11.9 Å². The maximum Gasteiger partial charge on any atom is 0.322 e. The monoisotopic (exact) mass is 294 g/mol. The van der Waals surface area contributed by atoms with Gasteiger partial charge in [-0.25, -0.2) is 0 Å². The normalized spacial score (nSPS) is 29.0. The van der Waals surface area contributed by atoms with Gasteiger partial charge in [-0.3, -0.25) is 15.0 Å². The quantitative estimate of drug-likeness (QED) is 0.855. The van der Waals surface area contributed by atoms with E-state index in [-0.39, 0.29) is 23.9 Å². The Balaban J connectivity index is 1.50. The van der Waals surface area contributed by atoms with Gasteiger partial charge in [0.2, 0.25) is 11.8 Å². The molecule has 0 radical (unpaired) electrons. The molecule has 1 saturated carbocycles. The van der Waals surface area contributed by atoms with Gasteiger partial charge in [0.25, 0.3) is 0 Å². The van der Waals surface area contributed by atoms with E-state index in [0.717, 1.165) is 25.9 Å². The van der Waals surface area contributed by atoms with E-state index in [1.54, 1.807) is 0 Å². The highest BCUT2D eigenvalue weighted by atomic mass is 16.4. The average molecular weight is 294 g/mol. The molecule has 0 spiro atoms. The molecule has 1 aromatic heterocycles. The molecule has 1 aliphatic carbocycles. The first-order chi connectivity index (χ1) is 10.0. The average Bonchev–Trinajstić information content (AvgIpc) is 3.08. The van der Waals surface area contributed by atoms with Crippen molar-refractivity contribution in [2.75, 3.05) is 25.0 Å². The Bertz CT molecular complexity index is 516. The van der Waals surface area contributed by atoms with Crippen molar-refractivity contribution in [2.24, 2.45) is 11.8 Å². The number of amides is 1. The van der Waals surface area contributed by atoms with Gasteiger partial charge in [0.05, 0.1) is 12.6 Å². The fourth-order valence-corrected chi connectivity index (χ4v) is 3.34. The van der Waals surface area contributed by atoms with Crippen LogP contribution >= 0.6 is 0 Å². The highest BCUT2D eigenvalue weighted by Gasteiger charge is 2.42. The molecule has 7 nitrogen and oxygen atoms in total. The largest absolute Gasteiger partial charge is 0.408 e. The number of likely N-dealkylation sites (tertiary alicyclic amines) is 1. The summed E-state index contributed by atoms with van der Waals surface area (Å²) in [4.78, 5) is 14.1. The predicted molar refractivity (Wildman–Crippen MR) is 75.7 cm³/mol. The molecule has 1 saturated heterocycles. The van der Waals surface area contributed by atoms with E-state index in [1.807, 2.05) is 13.8 Å². The van der Waals surface area contributed by atoms with Crippen LogP contribution in [0.1, 0.15) is 38.5 Å². The van der Waals surface area contributed by atoms with Gasteiger partial charge in [0.1, 0.15) is 0 Å². The molecule has 3 atom stereocenters. The van der Waals surface area contributed by atoms with Crippen LogP contribution in [0.5, 0.6) is 0 Å². The number of aliphatic hydroxyl groups is 1. The third kappa shape index (κ3) is 3.08. The molecule has 116 valence electrons. The molecule has 21 heavy (non-hydrogen) atoms. The summed E-state index contributed by atoms with van der Waals surface area (Å²) in [6.07, 6.45) is 1.76. The van der Waals surface area contributed by atoms with Crippen LogP contribution in [0.3, 0.4) is 0 Å². The SMILES string of the molecule is CC(C)c1nnc(NC(=O)CN2CC3CCC(O)C3C2)o1. The van der Waals surface area contributed by atoms with Crippen LogP contribution in [0.2, 0.25) is 0 Å². The van der Waals surface area contributed by atoms with Crippen LogP contribution in [-0.2, 0) is 4.79 Å². The summed E-state index contributed by atoms with van der Waals surface area (Å²) in [5.41, 5.74) is 0. The number of aromatic nitrogens is 2. The lowest BCUT2D eigenvalue weighted by molar-refractivity contribution is -0.117. The van der Waals surface area contributed by atoms with Gasteiger partial charge in [-0.1, -0.05) is 18.9 Å². The number of carbonyl (C=O) groups is 1. The molecule has 1 amide bonds. The van der Waals surface area contributed by atoms with Crippen LogP contribution in [0.25, 0.3) is 0 Å². The van der Waals surface area contributed by atoms with Gasteiger partial charge < -0.3 is 9.52 Å². The van der Waals surface area contributed by atoms with E-state index in [9.17, 15) is 9.90 Å². The lowest BCUT2D eigenvalue weighted by atomic mass is 10.00. The summed E-state index contributed by atoms with van der Waals surface area (Å²) in [6, 6.07) is 0.156. The maximum atomic E-state index is 12.0. The molecule has 2 N–H and O–H groups in total. The van der Waals surface area contributed by atoms with Gasteiger partial charge in [-0.2, -0.15) is 0 Å². The smallest absolute Gasteiger partial charge is 0.322 e. The van der Waals surface area contributed by atoms with Crippen LogP contribution in [0.4, 0.5) is 6.01 Å². The Labute approximate surface area is 123 Å². The van der Waals surface area contributed by atoms with E-state index in [1.165, 1.54) is 0 Å². The summed E-state index contributed by atoms with van der Waals surface area (Å²) in [5, 5.41) is 20.2. The van der Waals surface area contributed by atoms with E-state index >= 15 is 0 Å². The first-order valence-electron chi connectivity index (χ1n) is 7.56. The van der Waals surface area contributed by atoms with Gasteiger partial charge >= 0.3 is 6.01 Å². The van der Waals surface area contributed by atoms with Crippen molar-refractivity contribution in [2.45, 2.75) is 38.7 Å². The zero-order valence-corrected chi connectivity index (χ0v) is 12.5. The molecule has 0 bridgehead atoms. The second-order valence-corrected chi connectivity index (χ2v) is 6.41. The van der Waals surface area contributed by atoms with Crippen molar-refractivity contribution in [1.82, 2.24) is 15.1 Å². The van der Waals surface area contributed by atoms with Gasteiger partial charge in [-0.05, 0) is 18.8 Å². The molecule has 1 aliphatic heterocycles. The standard InChI is InChI=1S/C14H22N4O3/c1-8(2)13-16-17-14(21-13)15-12(20)7-18-5-9-3-4-11(19)10(9)6-18/h8-11,19H,3-7H2,1-2H3,(H,15,17,20). The van der Waals surface area contributed by atoms with Crippen molar-refractivity contribution < 1.29 is 14.3 Å². The third-order valence-electron chi connectivity index (χ3n) is 4.44. The Morgan fingerprint density at radius 2 is 2.24 bits per heavy atom. The molecule has 7 heteroatoms. The van der Waals surface area contributed by atoms with Gasteiger partial charge in [0, 0.05) is 24.9 Å². The van der Waals surface area contributed by atoms with Crippen LogP contribution in [-0.4, -0.2) is 51.8 Å². The molecule has 3 unspecified atom stereocenters. The maximum absolute atomic E-state index is 12.0. The van der Waals surface area contributed by atoms with Crippen molar-refractivity contribution in [3.05, 3.63) is 5.89 Å². The number of anilines is 1. The number of carbonyl (C=O) groups excluding carboxylic acids is 1. The molecule has 1 aromatic rings. The summed E-state index contributed by atoms with van der Waals surface area (Å²) < 4.78 is 5.36. The molecule has 2 aliphatic rings. The number of hydrogen-bond acceptors (Lipinski definition) is 6. The number of rotatable bonds is 4. The zero-order chi connectivity index (χ0) is 15.0. The Morgan fingerprint density at radius 3 is 2.90 bits per heavy atom. The van der Waals surface area contributed by atoms with Gasteiger partial charge in [-0.15, -0.1) is 5.10 Å². The second kappa shape index (κ2) is 5.73. The second-order valence-electron chi connectivity index (χ2n) is 6.41. The van der Waals surface area contributed by atoms with E-state index in [0.29, 0.717) is 24.3 Å². The van der Waals surface area contributed by atoms with Crippen LogP contribution < -0.4 is 5.32 Å².